The summed E-state index contributed by atoms with van der Waals surface area (Å²) in [7, 11) is 0. The second-order valence-electron chi connectivity index (χ2n) is 5.68. The summed E-state index contributed by atoms with van der Waals surface area (Å²) in [6.45, 7) is 7.70. The number of hydrogen-bond donors (Lipinski definition) is 2. The summed E-state index contributed by atoms with van der Waals surface area (Å²) in [4.78, 5) is 15.7. The summed E-state index contributed by atoms with van der Waals surface area (Å²) < 4.78 is 5.87. The highest BCUT2D eigenvalue weighted by Gasteiger charge is 2.09. The van der Waals surface area contributed by atoms with Crippen LogP contribution in [0.1, 0.15) is 13.8 Å². The Bertz CT molecular complexity index is 705. The van der Waals surface area contributed by atoms with Crippen LogP contribution in [0.25, 0.3) is 0 Å². The molecule has 2 aromatic carbocycles. The van der Waals surface area contributed by atoms with Crippen molar-refractivity contribution in [2.24, 2.45) is 0 Å². The molecular formula is C20H27N3O2S. The second kappa shape index (κ2) is 10.7. The van der Waals surface area contributed by atoms with Gasteiger partial charge in [0, 0.05) is 17.1 Å². The fourth-order valence-electron chi connectivity index (χ4n) is 2.51. The molecule has 0 aliphatic carbocycles. The van der Waals surface area contributed by atoms with Crippen molar-refractivity contribution in [1.82, 2.24) is 4.90 Å². The molecule has 0 aromatic heterocycles. The van der Waals surface area contributed by atoms with E-state index in [2.05, 4.69) is 29.4 Å². The highest BCUT2D eigenvalue weighted by Crippen LogP contribution is 2.24. The van der Waals surface area contributed by atoms with Crippen LogP contribution in [0.15, 0.2) is 53.4 Å². The number of nitrogens with zero attached hydrogens (tertiary/aromatic N) is 1. The highest BCUT2D eigenvalue weighted by molar-refractivity contribution is 7.98. The molecule has 26 heavy (non-hydrogen) atoms. The average Bonchev–Trinajstić information content (AvgIpc) is 2.66. The summed E-state index contributed by atoms with van der Waals surface area (Å²) in [5.74, 6) is 0.674. The van der Waals surface area contributed by atoms with E-state index in [-0.39, 0.29) is 6.03 Å². The maximum Gasteiger partial charge on any atom is 0.323 e. The minimum atomic E-state index is -0.289. The van der Waals surface area contributed by atoms with Gasteiger partial charge in [0.2, 0.25) is 0 Å². The van der Waals surface area contributed by atoms with Gasteiger partial charge in [0.1, 0.15) is 12.4 Å². The fourth-order valence-corrected chi connectivity index (χ4v) is 2.97. The van der Waals surface area contributed by atoms with Gasteiger partial charge in [0.15, 0.2) is 0 Å². The summed E-state index contributed by atoms with van der Waals surface area (Å²) >= 11 is 1.64. The minimum absolute atomic E-state index is 0.289. The van der Waals surface area contributed by atoms with Crippen LogP contribution in [0.2, 0.25) is 0 Å². The maximum atomic E-state index is 12.3. The molecular weight excluding hydrogens is 346 g/mol. The lowest BCUT2D eigenvalue weighted by atomic mass is 10.3. The Kier molecular flexibility index (Phi) is 8.31. The number of thioether (sulfide) groups is 1. The molecule has 0 aliphatic rings. The van der Waals surface area contributed by atoms with Crippen molar-refractivity contribution in [3.63, 3.8) is 0 Å². The molecule has 0 unspecified atom stereocenters. The zero-order chi connectivity index (χ0) is 18.8. The molecule has 140 valence electrons. The molecule has 0 aliphatic heterocycles. The molecule has 2 amide bonds. The Labute approximate surface area is 160 Å². The van der Waals surface area contributed by atoms with E-state index in [0.717, 1.165) is 30.2 Å². The molecule has 0 spiro atoms. The Hall–Kier alpha value is -2.18. The van der Waals surface area contributed by atoms with Gasteiger partial charge in [-0.15, -0.1) is 11.8 Å². The van der Waals surface area contributed by atoms with E-state index in [1.807, 2.05) is 54.8 Å². The van der Waals surface area contributed by atoms with Crippen molar-refractivity contribution < 1.29 is 9.53 Å². The van der Waals surface area contributed by atoms with E-state index in [0.29, 0.717) is 18.0 Å². The first-order valence-corrected chi connectivity index (χ1v) is 10.0. The fraction of sp³-hybridized carbons (Fsp3) is 0.350. The van der Waals surface area contributed by atoms with Crippen molar-refractivity contribution in [3.05, 3.63) is 48.5 Å². The average molecular weight is 374 g/mol. The van der Waals surface area contributed by atoms with E-state index in [4.69, 9.17) is 4.74 Å². The van der Waals surface area contributed by atoms with Gasteiger partial charge < -0.3 is 20.3 Å². The zero-order valence-electron chi connectivity index (χ0n) is 15.6. The van der Waals surface area contributed by atoms with Gasteiger partial charge in [0.05, 0.1) is 5.69 Å². The number of hydrogen-bond acceptors (Lipinski definition) is 4. The third-order valence-electron chi connectivity index (χ3n) is 4.02. The van der Waals surface area contributed by atoms with Crippen molar-refractivity contribution in [2.45, 2.75) is 18.7 Å². The zero-order valence-corrected chi connectivity index (χ0v) is 16.4. The lowest BCUT2D eigenvalue weighted by Gasteiger charge is -2.19. The number of para-hydroxylation sites is 2. The second-order valence-corrected chi connectivity index (χ2v) is 6.56. The number of rotatable bonds is 9. The molecule has 0 atom stereocenters. The van der Waals surface area contributed by atoms with E-state index in [9.17, 15) is 4.79 Å². The largest absolute Gasteiger partial charge is 0.490 e. The molecule has 6 heteroatoms. The number of amides is 2. The Morgan fingerprint density at radius 3 is 2.58 bits per heavy atom. The van der Waals surface area contributed by atoms with Gasteiger partial charge in [-0.3, -0.25) is 0 Å². The van der Waals surface area contributed by atoms with Crippen molar-refractivity contribution in [2.75, 3.05) is 43.1 Å². The van der Waals surface area contributed by atoms with Crippen LogP contribution in [0.5, 0.6) is 5.75 Å². The number of carbonyl (C=O) groups is 1. The first kappa shape index (κ1) is 20.1. The molecule has 2 aromatic rings. The number of benzene rings is 2. The van der Waals surface area contributed by atoms with E-state index >= 15 is 0 Å². The standard InChI is InChI=1S/C20H27N3O2S/c1-4-23(5-2)13-14-25-19-12-7-6-11-18(19)22-20(24)21-16-9-8-10-17(15-16)26-3/h6-12,15H,4-5,13-14H2,1-3H3,(H2,21,22,24). The molecule has 0 fully saturated rings. The first-order chi connectivity index (χ1) is 12.7. The molecule has 2 N–H and O–H groups in total. The number of nitrogens with one attached hydrogen (secondary N) is 2. The van der Waals surface area contributed by atoms with Crippen LogP contribution in [0.3, 0.4) is 0 Å². The van der Waals surface area contributed by atoms with Crippen LogP contribution in [0, 0.1) is 0 Å². The number of carbonyl (C=O) groups excluding carboxylic acids is 1. The minimum Gasteiger partial charge on any atom is -0.490 e. The molecule has 0 bridgehead atoms. The Morgan fingerprint density at radius 2 is 1.85 bits per heavy atom. The monoisotopic (exact) mass is 373 g/mol. The van der Waals surface area contributed by atoms with Gasteiger partial charge in [-0.2, -0.15) is 0 Å². The molecule has 0 heterocycles. The topological polar surface area (TPSA) is 53.6 Å². The third-order valence-corrected chi connectivity index (χ3v) is 4.75. The Balaban J connectivity index is 1.94. The number of anilines is 2. The van der Waals surface area contributed by atoms with Crippen LogP contribution < -0.4 is 15.4 Å². The predicted molar refractivity (Wildman–Crippen MR) is 111 cm³/mol. The van der Waals surface area contributed by atoms with Gasteiger partial charge in [-0.1, -0.05) is 32.0 Å². The summed E-state index contributed by atoms with van der Waals surface area (Å²) in [6.07, 6.45) is 2.00. The third kappa shape index (κ3) is 6.28. The summed E-state index contributed by atoms with van der Waals surface area (Å²) in [5, 5.41) is 5.72. The van der Waals surface area contributed by atoms with Crippen molar-refractivity contribution >= 4 is 29.2 Å². The SMILES string of the molecule is CCN(CC)CCOc1ccccc1NC(=O)Nc1cccc(SC)c1. The first-order valence-electron chi connectivity index (χ1n) is 8.82. The number of ether oxygens (including phenoxy) is 1. The van der Waals surface area contributed by atoms with Crippen molar-refractivity contribution in [1.29, 1.82) is 0 Å². The van der Waals surface area contributed by atoms with Crippen LogP contribution >= 0.6 is 11.8 Å². The van der Waals surface area contributed by atoms with Gasteiger partial charge in [-0.05, 0) is 49.7 Å². The summed E-state index contributed by atoms with van der Waals surface area (Å²) in [6, 6.07) is 14.9. The van der Waals surface area contributed by atoms with Gasteiger partial charge in [0.25, 0.3) is 0 Å². The normalized spacial score (nSPS) is 10.6. The smallest absolute Gasteiger partial charge is 0.323 e. The van der Waals surface area contributed by atoms with Crippen LogP contribution in [-0.4, -0.2) is 43.4 Å². The molecule has 5 nitrogen and oxygen atoms in total. The summed E-state index contributed by atoms with van der Waals surface area (Å²) in [5.41, 5.74) is 1.42. The lowest BCUT2D eigenvalue weighted by molar-refractivity contribution is 0.223. The number of urea groups is 1. The molecule has 0 radical (unpaired) electrons. The molecule has 2 rings (SSSR count). The number of likely N-dealkylation sites (N-methyl/N-ethyl adjacent to an activating group) is 1. The van der Waals surface area contributed by atoms with E-state index in [1.54, 1.807) is 11.8 Å². The Morgan fingerprint density at radius 1 is 1.08 bits per heavy atom. The quantitative estimate of drug-likeness (QED) is 0.622. The maximum absolute atomic E-state index is 12.3. The van der Waals surface area contributed by atoms with Gasteiger partial charge in [-0.25, -0.2) is 4.79 Å². The lowest BCUT2D eigenvalue weighted by Crippen LogP contribution is -2.28. The van der Waals surface area contributed by atoms with Gasteiger partial charge >= 0.3 is 6.03 Å². The van der Waals surface area contributed by atoms with Crippen LogP contribution in [-0.2, 0) is 0 Å². The predicted octanol–water partition coefficient (Wildman–Crippen LogP) is 4.77. The molecule has 0 saturated heterocycles. The van der Waals surface area contributed by atoms with Crippen LogP contribution in [0.4, 0.5) is 16.2 Å². The molecule has 0 saturated carbocycles. The van der Waals surface area contributed by atoms with E-state index in [1.165, 1.54) is 0 Å². The van der Waals surface area contributed by atoms with E-state index < -0.39 is 0 Å². The van der Waals surface area contributed by atoms with Crippen molar-refractivity contribution in [3.8, 4) is 5.75 Å². The highest BCUT2D eigenvalue weighted by atomic mass is 32.2.